The molecule has 0 spiro atoms. The second kappa shape index (κ2) is 12.1. The van der Waals surface area contributed by atoms with Crippen molar-refractivity contribution in [3.05, 3.63) is 29.3 Å². The van der Waals surface area contributed by atoms with Crippen LogP contribution in [0, 0.1) is 0 Å². The number of rotatable bonds is 5. The minimum Gasteiger partial charge on any atom is -0.468 e. The molecule has 2 heterocycles. The maximum absolute atomic E-state index is 13.2. The highest BCUT2D eigenvalue weighted by atomic mass is 35.5. The molecule has 1 saturated carbocycles. The first-order valence-electron chi connectivity index (χ1n) is 11.2. The van der Waals surface area contributed by atoms with Gasteiger partial charge in [0.05, 0.1) is 13.7 Å². The zero-order valence-corrected chi connectivity index (χ0v) is 20.7. The Hall–Kier alpha value is -1.54. The molecule has 1 aromatic rings. The minimum absolute atomic E-state index is 0. The van der Waals surface area contributed by atoms with E-state index in [1.807, 2.05) is 4.90 Å². The molecule has 4 rings (SSSR count). The average molecular weight is 487 g/mol. The Morgan fingerprint density at radius 1 is 1.03 bits per heavy atom. The van der Waals surface area contributed by atoms with Gasteiger partial charge in [0.15, 0.2) is 0 Å². The van der Waals surface area contributed by atoms with E-state index in [4.69, 9.17) is 4.74 Å². The van der Waals surface area contributed by atoms with Crippen molar-refractivity contribution in [2.24, 2.45) is 0 Å². The molecule has 1 aliphatic carbocycles. The molecule has 180 valence electrons. The predicted molar refractivity (Wildman–Crippen MR) is 131 cm³/mol. The number of carbonyl (C=O) groups excluding carboxylic acids is 2. The van der Waals surface area contributed by atoms with Gasteiger partial charge >= 0.3 is 12.0 Å². The molecule has 0 aromatic heterocycles. The quantitative estimate of drug-likeness (QED) is 0.648. The predicted octanol–water partition coefficient (Wildman–Crippen LogP) is 2.88. The zero-order chi connectivity index (χ0) is 21.1. The number of halogens is 2. The molecule has 7 nitrogen and oxygen atoms in total. The third-order valence-electron chi connectivity index (χ3n) is 6.97. The van der Waals surface area contributed by atoms with Crippen LogP contribution in [0.4, 0.5) is 10.5 Å². The fourth-order valence-electron chi connectivity index (χ4n) is 5.02. The number of fused-ring (bicyclic) bond motifs is 1. The highest BCUT2D eigenvalue weighted by Crippen LogP contribution is 2.30. The number of anilines is 1. The molecule has 1 N–H and O–H groups in total. The Morgan fingerprint density at radius 2 is 1.72 bits per heavy atom. The van der Waals surface area contributed by atoms with Crippen molar-refractivity contribution in [1.29, 1.82) is 0 Å². The number of ether oxygens (including phenoxy) is 1. The van der Waals surface area contributed by atoms with Gasteiger partial charge < -0.3 is 19.9 Å². The van der Waals surface area contributed by atoms with Crippen LogP contribution in [-0.4, -0.2) is 80.8 Å². The molecule has 2 aliphatic heterocycles. The summed E-state index contributed by atoms with van der Waals surface area (Å²) >= 11 is 0. The number of esters is 1. The van der Waals surface area contributed by atoms with Crippen molar-refractivity contribution in [3.8, 4) is 0 Å². The summed E-state index contributed by atoms with van der Waals surface area (Å²) in [5.74, 6) is -0.227. The number of hydrogen-bond donors (Lipinski definition) is 1. The Bertz CT molecular complexity index is 787. The highest BCUT2D eigenvalue weighted by Gasteiger charge is 2.36. The maximum Gasteiger partial charge on any atom is 0.324 e. The molecule has 0 radical (unpaired) electrons. The number of hydrogen-bond acceptors (Lipinski definition) is 5. The fraction of sp³-hybridized carbons (Fsp3) is 0.652. The van der Waals surface area contributed by atoms with Gasteiger partial charge in [-0.25, -0.2) is 4.79 Å². The van der Waals surface area contributed by atoms with Gasteiger partial charge in [-0.15, -0.1) is 24.8 Å². The smallest absolute Gasteiger partial charge is 0.324 e. The molecule has 0 unspecified atom stereocenters. The lowest BCUT2D eigenvalue weighted by atomic mass is 9.90. The number of amides is 2. The van der Waals surface area contributed by atoms with Crippen LogP contribution in [0.3, 0.4) is 0 Å². The van der Waals surface area contributed by atoms with Crippen molar-refractivity contribution < 1.29 is 14.3 Å². The molecular formula is C23H36Cl2N4O3. The van der Waals surface area contributed by atoms with E-state index in [-0.39, 0.29) is 43.4 Å². The van der Waals surface area contributed by atoms with Crippen LogP contribution in [0.2, 0.25) is 0 Å². The van der Waals surface area contributed by atoms with Gasteiger partial charge in [-0.2, -0.15) is 0 Å². The standard InChI is InChI=1S/C23H34N4O3.2ClH/c1-25-11-9-17-3-6-21(15-18(17)10-12-25)27-14-13-26(23(27)29)20-7-4-19(5-8-20)24-16-22(28)30-2;;/h3,6,15,19-20,24H,4-5,7-14,16H2,1-2H3;2*1H. The summed E-state index contributed by atoms with van der Waals surface area (Å²) < 4.78 is 4.70. The number of carbonyl (C=O) groups is 2. The first kappa shape index (κ1) is 26.7. The molecule has 2 fully saturated rings. The second-order valence-electron chi connectivity index (χ2n) is 8.85. The second-order valence-corrected chi connectivity index (χ2v) is 8.85. The SMILES string of the molecule is COC(=O)CNC1CCC(N2CCN(c3ccc4c(c3)CCN(C)CC4)C2=O)CC1.Cl.Cl. The summed E-state index contributed by atoms with van der Waals surface area (Å²) in [6, 6.07) is 7.36. The molecule has 0 bridgehead atoms. The number of urea groups is 1. The van der Waals surface area contributed by atoms with E-state index >= 15 is 0 Å². The molecule has 3 aliphatic rings. The number of nitrogens with zero attached hydrogens (tertiary/aromatic N) is 3. The molecule has 2 amide bonds. The lowest BCUT2D eigenvalue weighted by Gasteiger charge is -2.34. The van der Waals surface area contributed by atoms with E-state index < -0.39 is 0 Å². The van der Waals surface area contributed by atoms with Crippen LogP contribution in [-0.2, 0) is 22.4 Å². The van der Waals surface area contributed by atoms with Crippen molar-refractivity contribution in [2.75, 3.05) is 51.8 Å². The van der Waals surface area contributed by atoms with E-state index in [0.717, 1.165) is 70.4 Å². The molecule has 1 saturated heterocycles. The van der Waals surface area contributed by atoms with Gasteiger partial charge in [0.25, 0.3) is 0 Å². The first-order chi connectivity index (χ1) is 14.5. The third kappa shape index (κ3) is 6.07. The van der Waals surface area contributed by atoms with Crippen LogP contribution < -0.4 is 10.2 Å². The normalized spacial score (nSPS) is 23.6. The number of methoxy groups -OCH3 is 1. The van der Waals surface area contributed by atoms with Gasteiger partial charge in [-0.05, 0) is 68.8 Å². The van der Waals surface area contributed by atoms with E-state index in [1.165, 1.54) is 18.2 Å². The van der Waals surface area contributed by atoms with Crippen LogP contribution in [0.5, 0.6) is 0 Å². The van der Waals surface area contributed by atoms with Crippen molar-refractivity contribution in [1.82, 2.24) is 15.1 Å². The maximum atomic E-state index is 13.2. The van der Waals surface area contributed by atoms with E-state index in [0.29, 0.717) is 12.1 Å². The lowest BCUT2D eigenvalue weighted by Crippen LogP contribution is -2.45. The summed E-state index contributed by atoms with van der Waals surface area (Å²) in [5, 5.41) is 3.27. The summed E-state index contributed by atoms with van der Waals surface area (Å²) in [4.78, 5) is 30.9. The van der Waals surface area contributed by atoms with E-state index in [2.05, 4.69) is 40.4 Å². The monoisotopic (exact) mass is 486 g/mol. The average Bonchev–Trinajstić information content (AvgIpc) is 3.05. The molecule has 9 heteroatoms. The fourth-order valence-corrected chi connectivity index (χ4v) is 5.02. The summed E-state index contributed by atoms with van der Waals surface area (Å²) in [6.07, 6.45) is 6.06. The first-order valence-corrected chi connectivity index (χ1v) is 11.2. The van der Waals surface area contributed by atoms with Gasteiger partial charge in [-0.3, -0.25) is 9.69 Å². The molecule has 32 heavy (non-hydrogen) atoms. The topological polar surface area (TPSA) is 65.1 Å². The van der Waals surface area contributed by atoms with Crippen molar-refractivity contribution in [3.63, 3.8) is 0 Å². The summed E-state index contributed by atoms with van der Waals surface area (Å²) in [7, 11) is 3.59. The van der Waals surface area contributed by atoms with Crippen LogP contribution in [0.15, 0.2) is 18.2 Å². The van der Waals surface area contributed by atoms with Gasteiger partial charge in [0.2, 0.25) is 0 Å². The number of nitrogens with one attached hydrogen (secondary N) is 1. The number of likely N-dealkylation sites (N-methyl/N-ethyl adjacent to an activating group) is 1. The van der Waals surface area contributed by atoms with Crippen LogP contribution in [0.1, 0.15) is 36.8 Å². The minimum atomic E-state index is -0.227. The van der Waals surface area contributed by atoms with Gasteiger partial charge in [-0.1, -0.05) is 6.07 Å². The van der Waals surface area contributed by atoms with Gasteiger partial charge in [0.1, 0.15) is 0 Å². The molecule has 1 aromatic carbocycles. The lowest BCUT2D eigenvalue weighted by molar-refractivity contribution is -0.139. The largest absolute Gasteiger partial charge is 0.468 e. The van der Waals surface area contributed by atoms with Crippen LogP contribution >= 0.6 is 24.8 Å². The molecular weight excluding hydrogens is 451 g/mol. The highest BCUT2D eigenvalue weighted by molar-refractivity contribution is 5.94. The Labute approximate surface area is 203 Å². The Balaban J connectivity index is 0.00000181. The third-order valence-corrected chi connectivity index (χ3v) is 6.97. The number of benzene rings is 1. The van der Waals surface area contributed by atoms with E-state index in [1.54, 1.807) is 0 Å². The Kier molecular flexibility index (Phi) is 10.1. The van der Waals surface area contributed by atoms with E-state index in [9.17, 15) is 9.59 Å². The summed E-state index contributed by atoms with van der Waals surface area (Å²) in [5.41, 5.74) is 3.85. The zero-order valence-electron chi connectivity index (χ0n) is 19.0. The van der Waals surface area contributed by atoms with Crippen molar-refractivity contribution >= 4 is 42.5 Å². The summed E-state index contributed by atoms with van der Waals surface area (Å²) in [6.45, 7) is 3.99. The molecule has 0 atom stereocenters. The van der Waals surface area contributed by atoms with Gasteiger partial charge in [0, 0.05) is 44.0 Å². The van der Waals surface area contributed by atoms with Crippen molar-refractivity contribution in [2.45, 2.75) is 50.6 Å². The van der Waals surface area contributed by atoms with Crippen LogP contribution in [0.25, 0.3) is 0 Å². The Morgan fingerprint density at radius 3 is 2.41 bits per heavy atom.